The maximum absolute atomic E-state index is 14.0. The summed E-state index contributed by atoms with van der Waals surface area (Å²) in [5, 5.41) is 2.83. The SMILES string of the molecule is O=C(NCC(F)(F)F)[C@H]1C[C@H](F)CN1c1ncnc(-c2c[nH]c3ncc(Cl)cc23)n1. The zero-order valence-corrected chi connectivity index (χ0v) is 15.9. The van der Waals surface area contributed by atoms with Crippen molar-refractivity contribution < 1.29 is 22.4 Å². The molecule has 4 heterocycles. The summed E-state index contributed by atoms with van der Waals surface area (Å²) in [5.41, 5.74) is 1.10. The van der Waals surface area contributed by atoms with Gasteiger partial charge in [-0.15, -0.1) is 0 Å². The molecule has 1 fully saturated rings. The van der Waals surface area contributed by atoms with E-state index in [1.54, 1.807) is 17.6 Å². The van der Waals surface area contributed by atoms with Gasteiger partial charge in [-0.1, -0.05) is 11.6 Å². The standard InChI is InChI=1S/C17H14ClF4N7O/c18-8-1-10-11(4-24-13(10)23-3-8)14-26-7-27-16(28-14)29-5-9(19)2-12(29)15(30)25-6-17(20,21)22/h1,3-4,7,9,12H,2,5-6H2,(H,23,24)(H,25,30)/t9-,12+/m0/s1. The quantitative estimate of drug-likeness (QED) is 0.601. The number of hydrogen-bond donors (Lipinski definition) is 2. The second-order valence-electron chi connectivity index (χ2n) is 6.70. The Hall–Kier alpha value is -3.02. The van der Waals surface area contributed by atoms with E-state index in [1.165, 1.54) is 17.4 Å². The number of carbonyl (C=O) groups excluding carboxylic acids is 1. The molecule has 0 spiro atoms. The summed E-state index contributed by atoms with van der Waals surface area (Å²) in [6, 6.07) is 0.497. The summed E-state index contributed by atoms with van der Waals surface area (Å²) < 4.78 is 51.3. The number of rotatable bonds is 4. The minimum atomic E-state index is -4.57. The molecule has 2 atom stereocenters. The molecule has 4 rings (SSSR count). The molecule has 3 aromatic heterocycles. The third-order valence-corrected chi connectivity index (χ3v) is 4.78. The number of nitrogens with one attached hydrogen (secondary N) is 2. The molecule has 0 aromatic carbocycles. The molecule has 0 radical (unpaired) electrons. The van der Waals surface area contributed by atoms with Crippen molar-refractivity contribution in [2.24, 2.45) is 0 Å². The van der Waals surface area contributed by atoms with Gasteiger partial charge in [0.25, 0.3) is 0 Å². The van der Waals surface area contributed by atoms with Crippen molar-refractivity contribution in [1.29, 1.82) is 0 Å². The lowest BCUT2D eigenvalue weighted by atomic mass is 10.2. The van der Waals surface area contributed by atoms with Crippen LogP contribution in [0.5, 0.6) is 0 Å². The first-order valence-corrected chi connectivity index (χ1v) is 9.16. The zero-order valence-electron chi connectivity index (χ0n) is 15.1. The van der Waals surface area contributed by atoms with Crippen molar-refractivity contribution in [2.75, 3.05) is 18.0 Å². The van der Waals surface area contributed by atoms with Crippen LogP contribution in [0.1, 0.15) is 6.42 Å². The van der Waals surface area contributed by atoms with Gasteiger partial charge in [0.15, 0.2) is 5.82 Å². The maximum Gasteiger partial charge on any atom is 0.405 e. The highest BCUT2D eigenvalue weighted by Crippen LogP contribution is 2.30. The van der Waals surface area contributed by atoms with Crippen LogP contribution in [0.4, 0.5) is 23.5 Å². The van der Waals surface area contributed by atoms with Crippen LogP contribution in [-0.4, -0.2) is 62.3 Å². The Kier molecular flexibility index (Phi) is 5.18. The molecule has 1 saturated heterocycles. The second kappa shape index (κ2) is 7.67. The number of pyridine rings is 1. The fourth-order valence-electron chi connectivity index (χ4n) is 3.28. The number of anilines is 1. The zero-order chi connectivity index (χ0) is 21.5. The largest absolute Gasteiger partial charge is 0.405 e. The average molecular weight is 444 g/mol. The van der Waals surface area contributed by atoms with Gasteiger partial charge in [0.2, 0.25) is 11.9 Å². The van der Waals surface area contributed by atoms with Gasteiger partial charge >= 0.3 is 6.18 Å². The maximum atomic E-state index is 14.0. The lowest BCUT2D eigenvalue weighted by Crippen LogP contribution is -2.46. The van der Waals surface area contributed by atoms with Crippen LogP contribution in [0, 0.1) is 0 Å². The van der Waals surface area contributed by atoms with Crippen molar-refractivity contribution >= 4 is 34.5 Å². The number of hydrogen-bond acceptors (Lipinski definition) is 6. The van der Waals surface area contributed by atoms with Gasteiger partial charge in [-0.05, 0) is 6.07 Å². The molecule has 0 saturated carbocycles. The molecule has 8 nitrogen and oxygen atoms in total. The number of fused-ring (bicyclic) bond motifs is 1. The molecule has 0 aliphatic carbocycles. The number of H-pyrrole nitrogens is 1. The van der Waals surface area contributed by atoms with Gasteiger partial charge in [-0.25, -0.2) is 19.3 Å². The smallest absolute Gasteiger partial charge is 0.345 e. The summed E-state index contributed by atoms with van der Waals surface area (Å²) in [4.78, 5) is 33.0. The van der Waals surface area contributed by atoms with E-state index in [2.05, 4.69) is 24.9 Å². The fraction of sp³-hybridized carbons (Fsp3) is 0.353. The highest BCUT2D eigenvalue weighted by Gasteiger charge is 2.40. The van der Waals surface area contributed by atoms with Gasteiger partial charge in [-0.3, -0.25) is 4.79 Å². The van der Waals surface area contributed by atoms with E-state index in [4.69, 9.17) is 11.6 Å². The minimum absolute atomic E-state index is 0.0170. The molecule has 30 heavy (non-hydrogen) atoms. The third kappa shape index (κ3) is 4.13. The highest BCUT2D eigenvalue weighted by molar-refractivity contribution is 6.31. The summed E-state index contributed by atoms with van der Waals surface area (Å²) >= 11 is 6.00. The number of amides is 1. The molecule has 158 valence electrons. The number of nitrogens with zero attached hydrogens (tertiary/aromatic N) is 5. The van der Waals surface area contributed by atoms with Crippen LogP contribution >= 0.6 is 11.6 Å². The molecule has 2 N–H and O–H groups in total. The first-order valence-electron chi connectivity index (χ1n) is 8.78. The molecular formula is C17H14ClF4N7O. The molecule has 0 bridgehead atoms. The molecule has 0 unspecified atom stereocenters. The first kappa shape index (κ1) is 20.3. The molecule has 1 aliphatic heterocycles. The lowest BCUT2D eigenvalue weighted by Gasteiger charge is -2.23. The Balaban J connectivity index is 1.63. The Bertz CT molecular complexity index is 1090. The summed E-state index contributed by atoms with van der Waals surface area (Å²) in [6.45, 7) is -1.73. The minimum Gasteiger partial charge on any atom is -0.345 e. The van der Waals surface area contributed by atoms with Crippen molar-refractivity contribution in [3.63, 3.8) is 0 Å². The highest BCUT2D eigenvalue weighted by atomic mass is 35.5. The number of aromatic nitrogens is 5. The summed E-state index contributed by atoms with van der Waals surface area (Å²) in [5.74, 6) is -0.749. The average Bonchev–Trinajstić information content (AvgIpc) is 3.29. The van der Waals surface area contributed by atoms with Crippen LogP contribution in [0.15, 0.2) is 24.8 Å². The van der Waals surface area contributed by atoms with Gasteiger partial charge < -0.3 is 15.2 Å². The van der Waals surface area contributed by atoms with Crippen molar-refractivity contribution in [2.45, 2.75) is 24.8 Å². The molecule has 13 heteroatoms. The fourth-order valence-corrected chi connectivity index (χ4v) is 3.44. The molecule has 3 aromatic rings. The molecule has 1 aliphatic rings. The van der Waals surface area contributed by atoms with Gasteiger partial charge in [0.1, 0.15) is 30.7 Å². The van der Waals surface area contributed by atoms with E-state index in [1.807, 2.05) is 0 Å². The van der Waals surface area contributed by atoms with Crippen molar-refractivity contribution in [3.05, 3.63) is 29.8 Å². The summed E-state index contributed by atoms with van der Waals surface area (Å²) in [6.07, 6.45) is -1.98. The van der Waals surface area contributed by atoms with Crippen LogP contribution in [0.25, 0.3) is 22.4 Å². The van der Waals surface area contributed by atoms with E-state index in [-0.39, 0.29) is 24.7 Å². The number of carbonyl (C=O) groups is 1. The van der Waals surface area contributed by atoms with Gasteiger partial charge in [0, 0.05) is 29.8 Å². The number of halogens is 5. The normalized spacial score (nSPS) is 19.4. The van der Waals surface area contributed by atoms with Crippen molar-refractivity contribution in [1.82, 2.24) is 30.2 Å². The van der Waals surface area contributed by atoms with E-state index in [0.29, 0.717) is 21.6 Å². The lowest BCUT2D eigenvalue weighted by molar-refractivity contribution is -0.139. The van der Waals surface area contributed by atoms with E-state index in [0.717, 1.165) is 0 Å². The molecular weight excluding hydrogens is 430 g/mol. The second-order valence-corrected chi connectivity index (χ2v) is 7.13. The third-order valence-electron chi connectivity index (χ3n) is 4.57. The van der Waals surface area contributed by atoms with Crippen LogP contribution in [0.3, 0.4) is 0 Å². The van der Waals surface area contributed by atoms with Crippen molar-refractivity contribution in [3.8, 4) is 11.4 Å². The monoisotopic (exact) mass is 443 g/mol. The van der Waals surface area contributed by atoms with Crippen LogP contribution in [0.2, 0.25) is 5.02 Å². The van der Waals surface area contributed by atoms with Gasteiger partial charge in [0.05, 0.1) is 11.6 Å². The Labute approximate surface area is 171 Å². The Morgan fingerprint density at radius 3 is 2.90 bits per heavy atom. The first-order chi connectivity index (χ1) is 14.2. The predicted molar refractivity (Wildman–Crippen MR) is 99.6 cm³/mol. The van der Waals surface area contributed by atoms with E-state index >= 15 is 0 Å². The van der Waals surface area contributed by atoms with E-state index < -0.39 is 30.8 Å². The number of aromatic amines is 1. The van der Waals surface area contributed by atoms with E-state index in [9.17, 15) is 22.4 Å². The Morgan fingerprint density at radius 2 is 2.13 bits per heavy atom. The molecule has 1 amide bonds. The summed E-state index contributed by atoms with van der Waals surface area (Å²) in [7, 11) is 0. The predicted octanol–water partition coefficient (Wildman–Crippen LogP) is 2.66. The van der Waals surface area contributed by atoms with Crippen LogP contribution < -0.4 is 10.2 Å². The number of alkyl halides is 4. The van der Waals surface area contributed by atoms with Crippen LogP contribution in [-0.2, 0) is 4.79 Å². The topological polar surface area (TPSA) is 99.7 Å². The van der Waals surface area contributed by atoms with Gasteiger partial charge in [-0.2, -0.15) is 18.2 Å². The Morgan fingerprint density at radius 1 is 1.33 bits per heavy atom.